The molecule has 1 aliphatic carbocycles. The summed E-state index contributed by atoms with van der Waals surface area (Å²) in [6.45, 7) is 19.1. The molecule has 0 fully saturated rings. The van der Waals surface area contributed by atoms with E-state index in [1.807, 2.05) is 49.5 Å². The molecule has 0 saturated carbocycles. The van der Waals surface area contributed by atoms with E-state index < -0.39 is 0 Å². The third-order valence-electron chi connectivity index (χ3n) is 7.77. The molecular formula is C41H58O3. The fraction of sp³-hybridized carbons (Fsp3) is 0.439. The van der Waals surface area contributed by atoms with Gasteiger partial charge in [-0.05, 0) is 84.1 Å². The summed E-state index contributed by atoms with van der Waals surface area (Å²) in [6.07, 6.45) is 36.9. The Hall–Kier alpha value is -3.27. The summed E-state index contributed by atoms with van der Waals surface area (Å²) < 4.78 is 5.45. The van der Waals surface area contributed by atoms with Crippen LogP contribution in [-0.2, 0) is 9.53 Å². The van der Waals surface area contributed by atoms with Crippen molar-refractivity contribution in [2.24, 2.45) is 11.3 Å². The monoisotopic (exact) mass is 598 g/mol. The largest absolute Gasteiger partial charge is 0.393 e. The predicted molar refractivity (Wildman–Crippen MR) is 191 cm³/mol. The zero-order chi connectivity index (χ0) is 33.2. The maximum absolute atomic E-state index is 11.5. The lowest BCUT2D eigenvalue weighted by atomic mass is 9.71. The Kier molecular flexibility index (Phi) is 17.5. The molecule has 2 atom stereocenters. The topological polar surface area (TPSA) is 46.5 Å². The van der Waals surface area contributed by atoms with E-state index in [1.165, 1.54) is 16.7 Å². The van der Waals surface area contributed by atoms with Gasteiger partial charge in [0, 0.05) is 12.7 Å². The normalized spacial score (nSPS) is 20.6. The molecule has 0 bridgehead atoms. The molecule has 240 valence electrons. The molecule has 1 unspecified atom stereocenters. The van der Waals surface area contributed by atoms with Crippen LogP contribution in [0.1, 0.15) is 88.0 Å². The van der Waals surface area contributed by atoms with E-state index >= 15 is 0 Å². The number of allylic oxidation sites excluding steroid dienone is 20. The molecule has 0 aromatic carbocycles. The first kappa shape index (κ1) is 38.8. The molecule has 1 rings (SSSR count). The molecule has 0 spiro atoms. The maximum Gasteiger partial charge on any atom is 0.150 e. The van der Waals surface area contributed by atoms with Gasteiger partial charge in [-0.3, -0.25) is 4.79 Å². The highest BCUT2D eigenvalue weighted by molar-refractivity contribution is 5.78. The molecule has 0 saturated heterocycles. The van der Waals surface area contributed by atoms with Gasteiger partial charge in [0.15, 0.2) is 0 Å². The first-order valence-electron chi connectivity index (χ1n) is 15.8. The zero-order valence-corrected chi connectivity index (χ0v) is 29.1. The minimum atomic E-state index is -0.236. The summed E-state index contributed by atoms with van der Waals surface area (Å²) in [6, 6.07) is 0. The lowest BCUT2D eigenvalue weighted by molar-refractivity contribution is -0.104. The Morgan fingerprint density at radius 2 is 1.50 bits per heavy atom. The summed E-state index contributed by atoms with van der Waals surface area (Å²) in [5.74, 6) is 0.397. The second-order valence-corrected chi connectivity index (χ2v) is 13.3. The first-order valence-corrected chi connectivity index (χ1v) is 15.8. The average molecular weight is 599 g/mol. The van der Waals surface area contributed by atoms with E-state index in [0.717, 1.165) is 43.1 Å². The molecule has 0 amide bonds. The molecule has 3 heteroatoms. The second-order valence-electron chi connectivity index (χ2n) is 13.3. The molecule has 0 aliphatic heterocycles. The van der Waals surface area contributed by atoms with Crippen LogP contribution in [0.4, 0.5) is 0 Å². The van der Waals surface area contributed by atoms with E-state index in [0.29, 0.717) is 11.5 Å². The van der Waals surface area contributed by atoms with Crippen LogP contribution in [-0.4, -0.2) is 30.2 Å². The summed E-state index contributed by atoms with van der Waals surface area (Å²) >= 11 is 0. The molecule has 0 aromatic rings. The van der Waals surface area contributed by atoms with E-state index in [-0.39, 0.29) is 17.1 Å². The van der Waals surface area contributed by atoms with Crippen molar-refractivity contribution in [1.29, 1.82) is 0 Å². The Morgan fingerprint density at radius 3 is 2.07 bits per heavy atom. The number of aliphatic hydroxyl groups is 1. The number of carbonyl (C=O) groups is 1. The molecular weight excluding hydrogens is 540 g/mol. The van der Waals surface area contributed by atoms with E-state index in [9.17, 15) is 9.90 Å². The number of ether oxygens (including phenoxy) is 1. The summed E-state index contributed by atoms with van der Waals surface area (Å²) in [5, 5.41) is 10.1. The minimum Gasteiger partial charge on any atom is -0.393 e. The van der Waals surface area contributed by atoms with Crippen LogP contribution in [0.15, 0.2) is 131 Å². The number of aldehydes is 1. The van der Waals surface area contributed by atoms with Gasteiger partial charge in [0.2, 0.25) is 0 Å². The molecule has 1 aliphatic rings. The number of methoxy groups -OCH3 is 1. The van der Waals surface area contributed by atoms with Gasteiger partial charge in [0.1, 0.15) is 6.29 Å². The highest BCUT2D eigenvalue weighted by atomic mass is 16.5. The molecule has 0 heterocycles. The van der Waals surface area contributed by atoms with E-state index in [2.05, 4.69) is 110 Å². The van der Waals surface area contributed by atoms with Crippen molar-refractivity contribution in [3.8, 4) is 0 Å². The Bertz CT molecular complexity index is 1260. The van der Waals surface area contributed by atoms with Crippen molar-refractivity contribution < 1.29 is 14.6 Å². The third-order valence-corrected chi connectivity index (χ3v) is 7.77. The maximum atomic E-state index is 11.5. The Labute approximate surface area is 269 Å². The van der Waals surface area contributed by atoms with Crippen molar-refractivity contribution in [2.45, 2.75) is 99.7 Å². The SMILES string of the molecule is COC(C)(C)C/C=C/C(C)C/C=C/C(C=O)=C/C=C/C(C)=C/C=C/C=C(C)/C=C/C=C(C)/C=C/C1=C(C)C[C@@H](O)CC1(C)C. The fourth-order valence-electron chi connectivity index (χ4n) is 4.94. The summed E-state index contributed by atoms with van der Waals surface area (Å²) in [4.78, 5) is 11.5. The standard InChI is InChI=1S/C41H58O3/c1-32(19-13-20-35(4)26-27-39-36(5)29-38(43)30-40(39,6)7)17-11-12-18-33(2)21-14-24-37(31-42)25-15-22-34(3)23-16-28-41(8,9)44-10/h11-21,23-27,31,34,38,43H,22,28-30H2,1-10H3/b12-11+,19-13+,21-14+,23-16+,25-15+,27-26+,32-17+,33-18+,35-20+,37-24-/t34?,38-/m1/s1. The van der Waals surface area contributed by atoms with Crippen LogP contribution < -0.4 is 0 Å². The number of carbonyl (C=O) groups excluding carboxylic acids is 1. The molecule has 44 heavy (non-hydrogen) atoms. The fourth-order valence-corrected chi connectivity index (χ4v) is 4.94. The number of aliphatic hydroxyl groups excluding tert-OH is 1. The summed E-state index contributed by atoms with van der Waals surface area (Å²) in [7, 11) is 1.74. The third kappa shape index (κ3) is 16.5. The highest BCUT2D eigenvalue weighted by Crippen LogP contribution is 2.41. The van der Waals surface area contributed by atoms with E-state index in [1.54, 1.807) is 7.11 Å². The van der Waals surface area contributed by atoms with Gasteiger partial charge in [-0.2, -0.15) is 0 Å². The Balaban J connectivity index is 2.62. The van der Waals surface area contributed by atoms with Gasteiger partial charge in [0.25, 0.3) is 0 Å². The second kappa shape index (κ2) is 19.9. The van der Waals surface area contributed by atoms with Crippen molar-refractivity contribution in [3.63, 3.8) is 0 Å². The molecule has 3 nitrogen and oxygen atoms in total. The van der Waals surface area contributed by atoms with Crippen molar-refractivity contribution in [3.05, 3.63) is 131 Å². The van der Waals surface area contributed by atoms with Gasteiger partial charge in [0.05, 0.1) is 11.7 Å². The van der Waals surface area contributed by atoms with Crippen LogP contribution in [0.2, 0.25) is 0 Å². The molecule has 0 radical (unpaired) electrons. The first-order chi connectivity index (χ1) is 20.7. The minimum absolute atomic E-state index is 0.00554. The number of hydrogen-bond donors (Lipinski definition) is 1. The van der Waals surface area contributed by atoms with Crippen LogP contribution in [0.3, 0.4) is 0 Å². The lowest BCUT2D eigenvalue weighted by Gasteiger charge is -2.35. The van der Waals surface area contributed by atoms with Gasteiger partial charge >= 0.3 is 0 Å². The predicted octanol–water partition coefficient (Wildman–Crippen LogP) is 10.6. The van der Waals surface area contributed by atoms with Crippen LogP contribution in [0.25, 0.3) is 0 Å². The zero-order valence-electron chi connectivity index (χ0n) is 29.1. The molecule has 1 N–H and O–H groups in total. The number of hydrogen-bond acceptors (Lipinski definition) is 3. The lowest BCUT2D eigenvalue weighted by Crippen LogP contribution is -2.28. The quantitative estimate of drug-likeness (QED) is 0.0832. The van der Waals surface area contributed by atoms with Crippen molar-refractivity contribution in [2.75, 3.05) is 7.11 Å². The van der Waals surface area contributed by atoms with Crippen LogP contribution in [0, 0.1) is 11.3 Å². The van der Waals surface area contributed by atoms with Gasteiger partial charge in [-0.1, -0.05) is 140 Å². The van der Waals surface area contributed by atoms with Gasteiger partial charge in [-0.15, -0.1) is 0 Å². The van der Waals surface area contributed by atoms with Gasteiger partial charge < -0.3 is 9.84 Å². The van der Waals surface area contributed by atoms with E-state index in [4.69, 9.17) is 4.74 Å². The summed E-state index contributed by atoms with van der Waals surface area (Å²) in [5.41, 5.74) is 6.55. The average Bonchev–Trinajstić information content (AvgIpc) is 2.93. The van der Waals surface area contributed by atoms with Crippen LogP contribution in [0.5, 0.6) is 0 Å². The highest BCUT2D eigenvalue weighted by Gasteiger charge is 2.31. The number of rotatable bonds is 16. The smallest absolute Gasteiger partial charge is 0.150 e. The van der Waals surface area contributed by atoms with Crippen molar-refractivity contribution in [1.82, 2.24) is 0 Å². The van der Waals surface area contributed by atoms with Crippen molar-refractivity contribution >= 4 is 6.29 Å². The van der Waals surface area contributed by atoms with Crippen LogP contribution >= 0.6 is 0 Å². The Morgan fingerprint density at radius 1 is 0.932 bits per heavy atom. The molecule has 0 aromatic heterocycles. The van der Waals surface area contributed by atoms with Gasteiger partial charge in [-0.25, -0.2) is 0 Å².